The van der Waals surface area contributed by atoms with Gasteiger partial charge in [-0.1, -0.05) is 74.0 Å². The van der Waals surface area contributed by atoms with Gasteiger partial charge in [-0.2, -0.15) is 0 Å². The Balaban J connectivity index is 1.94. The Kier molecular flexibility index (Phi) is 3.88. The van der Waals surface area contributed by atoms with Crippen molar-refractivity contribution in [3.8, 4) is 0 Å². The van der Waals surface area contributed by atoms with E-state index < -0.39 is 0 Å². The van der Waals surface area contributed by atoms with Crippen molar-refractivity contribution < 1.29 is 0 Å². The number of nitrogens with zero attached hydrogens (tertiary/aromatic N) is 1. The predicted octanol–water partition coefficient (Wildman–Crippen LogP) is 4.65. The van der Waals surface area contributed by atoms with Crippen LogP contribution in [0.25, 0.3) is 0 Å². The van der Waals surface area contributed by atoms with Crippen LogP contribution in [0.15, 0.2) is 60.7 Å². The van der Waals surface area contributed by atoms with Crippen LogP contribution in [0.4, 0.5) is 0 Å². The van der Waals surface area contributed by atoms with Crippen molar-refractivity contribution in [1.82, 2.24) is 4.90 Å². The lowest BCUT2D eigenvalue weighted by Gasteiger charge is -2.21. The van der Waals surface area contributed by atoms with Crippen molar-refractivity contribution in [1.29, 1.82) is 0 Å². The Labute approximate surface area is 122 Å². The Morgan fingerprint density at radius 1 is 0.900 bits per heavy atom. The molecule has 2 aromatic rings. The topological polar surface area (TPSA) is 3.01 Å². The van der Waals surface area contributed by atoms with Gasteiger partial charge in [0, 0.05) is 12.1 Å². The standard InChI is InChI=1S/C19H23N/c1-3-10-18-15(2)20(18)19(16-11-6-4-7-12-16)17-13-8-5-9-14-17/h4-9,11-15,18-19H,3,10H2,1-2H3/t15-,18+,20?/m0/s1. The average Bonchev–Trinajstić information content (AvgIpc) is 3.12. The average molecular weight is 265 g/mol. The SMILES string of the molecule is CCC[C@@H]1[C@H](C)N1C(c1ccccc1)c1ccccc1. The number of hydrogen-bond acceptors (Lipinski definition) is 1. The summed E-state index contributed by atoms with van der Waals surface area (Å²) < 4.78 is 0. The molecule has 0 spiro atoms. The van der Waals surface area contributed by atoms with Gasteiger partial charge in [0.05, 0.1) is 6.04 Å². The summed E-state index contributed by atoms with van der Waals surface area (Å²) in [4.78, 5) is 2.66. The van der Waals surface area contributed by atoms with Gasteiger partial charge < -0.3 is 0 Å². The van der Waals surface area contributed by atoms with E-state index in [9.17, 15) is 0 Å². The van der Waals surface area contributed by atoms with Crippen LogP contribution in [0.5, 0.6) is 0 Å². The van der Waals surface area contributed by atoms with E-state index in [1.54, 1.807) is 0 Å². The molecule has 0 bridgehead atoms. The molecule has 1 aliphatic heterocycles. The number of hydrogen-bond donors (Lipinski definition) is 0. The molecule has 0 radical (unpaired) electrons. The van der Waals surface area contributed by atoms with Crippen LogP contribution >= 0.6 is 0 Å². The molecule has 1 aliphatic rings. The highest BCUT2D eigenvalue weighted by Crippen LogP contribution is 2.43. The lowest BCUT2D eigenvalue weighted by Crippen LogP contribution is -2.14. The van der Waals surface area contributed by atoms with E-state index in [1.807, 2.05) is 0 Å². The monoisotopic (exact) mass is 265 g/mol. The van der Waals surface area contributed by atoms with Crippen LogP contribution in [-0.4, -0.2) is 17.0 Å². The van der Waals surface area contributed by atoms with Crippen molar-refractivity contribution in [2.45, 2.75) is 44.8 Å². The first-order valence-corrected chi connectivity index (χ1v) is 7.70. The highest BCUT2D eigenvalue weighted by atomic mass is 15.4. The van der Waals surface area contributed by atoms with E-state index in [1.165, 1.54) is 24.0 Å². The van der Waals surface area contributed by atoms with Crippen LogP contribution in [-0.2, 0) is 0 Å². The molecular formula is C19H23N. The Morgan fingerprint density at radius 2 is 1.40 bits per heavy atom. The summed E-state index contributed by atoms with van der Waals surface area (Å²) in [5.41, 5.74) is 2.81. The number of benzene rings is 2. The van der Waals surface area contributed by atoms with E-state index in [2.05, 4.69) is 79.4 Å². The summed E-state index contributed by atoms with van der Waals surface area (Å²) in [7, 11) is 0. The zero-order chi connectivity index (χ0) is 13.9. The molecule has 0 N–H and O–H groups in total. The molecule has 2 aromatic carbocycles. The summed E-state index contributed by atoms with van der Waals surface area (Å²) in [5.74, 6) is 0. The minimum absolute atomic E-state index is 0.406. The van der Waals surface area contributed by atoms with Gasteiger partial charge in [-0.3, -0.25) is 4.90 Å². The molecule has 1 nitrogen and oxygen atoms in total. The maximum absolute atomic E-state index is 2.66. The van der Waals surface area contributed by atoms with Crippen LogP contribution in [0.2, 0.25) is 0 Å². The Bertz CT molecular complexity index is 495. The molecular weight excluding hydrogens is 242 g/mol. The molecule has 0 amide bonds. The molecule has 3 rings (SSSR count). The highest BCUT2D eigenvalue weighted by Gasteiger charge is 2.47. The van der Waals surface area contributed by atoms with Crippen molar-refractivity contribution in [3.05, 3.63) is 71.8 Å². The molecule has 3 atom stereocenters. The van der Waals surface area contributed by atoms with Gasteiger partial charge in [0.15, 0.2) is 0 Å². The van der Waals surface area contributed by atoms with Gasteiger partial charge >= 0.3 is 0 Å². The lowest BCUT2D eigenvalue weighted by atomic mass is 9.98. The third-order valence-electron chi connectivity index (χ3n) is 4.43. The van der Waals surface area contributed by atoms with E-state index >= 15 is 0 Å². The van der Waals surface area contributed by atoms with Gasteiger partial charge in [-0.25, -0.2) is 0 Å². The first-order valence-electron chi connectivity index (χ1n) is 7.70. The molecule has 20 heavy (non-hydrogen) atoms. The van der Waals surface area contributed by atoms with Gasteiger partial charge in [0.25, 0.3) is 0 Å². The smallest absolute Gasteiger partial charge is 0.0607 e. The van der Waals surface area contributed by atoms with Crippen LogP contribution in [0.1, 0.15) is 43.9 Å². The summed E-state index contributed by atoms with van der Waals surface area (Å²) in [5, 5.41) is 0. The van der Waals surface area contributed by atoms with Gasteiger partial charge in [-0.15, -0.1) is 0 Å². The summed E-state index contributed by atoms with van der Waals surface area (Å²) in [6, 6.07) is 23.6. The highest BCUT2D eigenvalue weighted by molar-refractivity contribution is 5.34. The quantitative estimate of drug-likeness (QED) is 0.711. The normalized spacial score (nSPS) is 24.9. The van der Waals surface area contributed by atoms with E-state index in [-0.39, 0.29) is 0 Å². The van der Waals surface area contributed by atoms with Crippen molar-refractivity contribution in [3.63, 3.8) is 0 Å². The molecule has 1 unspecified atom stereocenters. The van der Waals surface area contributed by atoms with Crippen LogP contribution in [0.3, 0.4) is 0 Å². The summed E-state index contributed by atoms with van der Waals surface area (Å²) >= 11 is 0. The maximum Gasteiger partial charge on any atom is 0.0607 e. The van der Waals surface area contributed by atoms with Crippen molar-refractivity contribution in [2.75, 3.05) is 0 Å². The second-order valence-corrected chi connectivity index (χ2v) is 5.77. The molecule has 1 fully saturated rings. The zero-order valence-corrected chi connectivity index (χ0v) is 12.4. The Hall–Kier alpha value is -1.60. The van der Waals surface area contributed by atoms with Gasteiger partial charge in [0.2, 0.25) is 0 Å². The predicted molar refractivity (Wildman–Crippen MR) is 84.7 cm³/mol. The minimum Gasteiger partial charge on any atom is -0.284 e. The fourth-order valence-electron chi connectivity index (χ4n) is 3.36. The van der Waals surface area contributed by atoms with Crippen LogP contribution < -0.4 is 0 Å². The Morgan fingerprint density at radius 3 is 1.85 bits per heavy atom. The molecule has 1 saturated heterocycles. The van der Waals surface area contributed by atoms with Crippen LogP contribution in [0, 0.1) is 0 Å². The third-order valence-corrected chi connectivity index (χ3v) is 4.43. The maximum atomic E-state index is 2.66. The second-order valence-electron chi connectivity index (χ2n) is 5.77. The molecule has 0 aromatic heterocycles. The minimum atomic E-state index is 0.406. The third kappa shape index (κ3) is 2.51. The zero-order valence-electron chi connectivity index (χ0n) is 12.4. The van der Waals surface area contributed by atoms with Gasteiger partial charge in [0.1, 0.15) is 0 Å². The second kappa shape index (κ2) is 5.80. The molecule has 0 saturated carbocycles. The summed E-state index contributed by atoms with van der Waals surface area (Å²) in [6.07, 6.45) is 2.57. The molecule has 0 aliphatic carbocycles. The molecule has 104 valence electrons. The fraction of sp³-hybridized carbons (Fsp3) is 0.368. The van der Waals surface area contributed by atoms with Gasteiger partial charge in [-0.05, 0) is 24.5 Å². The van der Waals surface area contributed by atoms with E-state index in [4.69, 9.17) is 0 Å². The first kappa shape index (κ1) is 13.4. The largest absolute Gasteiger partial charge is 0.284 e. The van der Waals surface area contributed by atoms with Crippen molar-refractivity contribution in [2.24, 2.45) is 0 Å². The molecule has 1 heteroatoms. The van der Waals surface area contributed by atoms with E-state index in [0.717, 1.165) is 6.04 Å². The number of rotatable bonds is 5. The molecule has 1 heterocycles. The van der Waals surface area contributed by atoms with E-state index in [0.29, 0.717) is 12.1 Å². The lowest BCUT2D eigenvalue weighted by molar-refractivity contribution is 0.403. The van der Waals surface area contributed by atoms with Crippen molar-refractivity contribution >= 4 is 0 Å². The first-order chi connectivity index (χ1) is 9.83. The summed E-state index contributed by atoms with van der Waals surface area (Å²) in [6.45, 7) is 4.64. The fourth-order valence-corrected chi connectivity index (χ4v) is 3.36.